The highest BCUT2D eigenvalue weighted by atomic mass is 15.7. The Balaban J connectivity index is 1.42. The first-order chi connectivity index (χ1) is 16.1. The lowest BCUT2D eigenvalue weighted by molar-refractivity contribution is 0.0714. The molecule has 0 spiro atoms. The summed E-state index contributed by atoms with van der Waals surface area (Å²) in [4.78, 5) is 4.94. The molecule has 5 rings (SSSR count). The predicted octanol–water partition coefficient (Wildman–Crippen LogP) is 4.77. The van der Waals surface area contributed by atoms with Crippen molar-refractivity contribution >= 4 is 5.71 Å². The maximum atomic E-state index is 4.94. The van der Waals surface area contributed by atoms with E-state index >= 15 is 0 Å². The van der Waals surface area contributed by atoms with Gasteiger partial charge in [0.1, 0.15) is 5.82 Å². The summed E-state index contributed by atoms with van der Waals surface area (Å²) in [6, 6.07) is 17.0. The van der Waals surface area contributed by atoms with Gasteiger partial charge >= 0.3 is 0 Å². The Labute approximate surface area is 193 Å². The van der Waals surface area contributed by atoms with Crippen LogP contribution in [0.15, 0.2) is 89.3 Å². The minimum atomic E-state index is 0.158. The molecule has 7 heteroatoms. The molecule has 2 aromatic carbocycles. The van der Waals surface area contributed by atoms with Crippen LogP contribution >= 0.6 is 0 Å². The van der Waals surface area contributed by atoms with Crippen LogP contribution in [-0.4, -0.2) is 49.4 Å². The number of fused-ring (bicyclic) bond motifs is 1. The van der Waals surface area contributed by atoms with E-state index in [1.54, 1.807) is 0 Å². The van der Waals surface area contributed by atoms with Crippen LogP contribution in [0.1, 0.15) is 25.8 Å². The number of allylic oxidation sites excluding steroid dienone is 3. The molecule has 0 amide bonds. The summed E-state index contributed by atoms with van der Waals surface area (Å²) in [5, 5.41) is 19.0. The number of aromatic nitrogens is 4. The highest BCUT2D eigenvalue weighted by Gasteiger charge is 2.34. The number of H-pyrrole nitrogens is 1. The van der Waals surface area contributed by atoms with Crippen molar-refractivity contribution in [2.75, 3.05) is 7.05 Å². The lowest BCUT2D eigenvalue weighted by Crippen LogP contribution is -2.45. The number of hydrazine groups is 1. The third-order valence-corrected chi connectivity index (χ3v) is 5.93. The topological polar surface area (TPSA) is 73.3 Å². The standard InChI is InChI=1S/C26H27N7/c1-4-5-10-23-24(33-25(27-23)15-18(2)17-32(33)3)16-19-11-13-20(14-12-19)21-8-6-7-9-22(21)26-28-30-31-29-26/h5-15,17,24H,4,16H2,1-3H3,(H,28,29,30,31)/b10-5+. The van der Waals surface area contributed by atoms with Crippen molar-refractivity contribution in [3.05, 3.63) is 89.9 Å². The van der Waals surface area contributed by atoms with E-state index < -0.39 is 0 Å². The summed E-state index contributed by atoms with van der Waals surface area (Å²) in [6.45, 7) is 4.26. The average molecular weight is 438 g/mol. The van der Waals surface area contributed by atoms with Crippen molar-refractivity contribution in [2.45, 2.75) is 32.7 Å². The summed E-state index contributed by atoms with van der Waals surface area (Å²) < 4.78 is 0. The zero-order valence-electron chi connectivity index (χ0n) is 19.1. The Morgan fingerprint density at radius 3 is 2.58 bits per heavy atom. The number of benzene rings is 2. The Bertz CT molecular complexity index is 1250. The number of hydrogen-bond donors (Lipinski definition) is 1. The molecule has 33 heavy (non-hydrogen) atoms. The zero-order chi connectivity index (χ0) is 22.8. The molecule has 1 aromatic heterocycles. The quantitative estimate of drug-likeness (QED) is 0.601. The molecule has 0 fully saturated rings. The fourth-order valence-corrected chi connectivity index (χ4v) is 4.45. The van der Waals surface area contributed by atoms with Crippen molar-refractivity contribution in [1.82, 2.24) is 30.6 Å². The Kier molecular flexibility index (Phi) is 5.60. The number of rotatable bonds is 6. The van der Waals surface area contributed by atoms with Crippen molar-refractivity contribution in [3.63, 3.8) is 0 Å². The van der Waals surface area contributed by atoms with Gasteiger partial charge in [-0.1, -0.05) is 61.5 Å². The smallest absolute Gasteiger partial charge is 0.205 e. The number of hydrogen-bond acceptors (Lipinski definition) is 6. The van der Waals surface area contributed by atoms with Crippen LogP contribution < -0.4 is 0 Å². The van der Waals surface area contributed by atoms with Crippen molar-refractivity contribution in [1.29, 1.82) is 0 Å². The summed E-state index contributed by atoms with van der Waals surface area (Å²) in [6.07, 6.45) is 10.5. The van der Waals surface area contributed by atoms with Gasteiger partial charge in [-0.25, -0.2) is 4.99 Å². The highest BCUT2D eigenvalue weighted by molar-refractivity contribution is 6.01. The molecule has 0 radical (unpaired) electrons. The van der Waals surface area contributed by atoms with Crippen molar-refractivity contribution in [3.8, 4) is 22.5 Å². The third kappa shape index (κ3) is 4.09. The van der Waals surface area contributed by atoms with E-state index in [-0.39, 0.29) is 6.04 Å². The van der Waals surface area contributed by atoms with Gasteiger partial charge in [-0.15, -0.1) is 10.2 Å². The fraction of sp³-hybridized carbons (Fsp3) is 0.231. The van der Waals surface area contributed by atoms with Crippen LogP contribution in [0.25, 0.3) is 22.5 Å². The molecule has 3 heterocycles. The van der Waals surface area contributed by atoms with Gasteiger partial charge in [0, 0.05) is 25.2 Å². The molecule has 1 N–H and O–H groups in total. The van der Waals surface area contributed by atoms with Crippen LogP contribution in [0.3, 0.4) is 0 Å². The van der Waals surface area contributed by atoms with Crippen LogP contribution in [0.2, 0.25) is 0 Å². The van der Waals surface area contributed by atoms with E-state index in [9.17, 15) is 0 Å². The maximum absolute atomic E-state index is 4.94. The minimum absolute atomic E-state index is 0.158. The van der Waals surface area contributed by atoms with Crippen LogP contribution in [0, 0.1) is 0 Å². The van der Waals surface area contributed by atoms with E-state index in [2.05, 4.69) is 106 Å². The molecule has 2 aliphatic heterocycles. The Hall–Kier alpha value is -4.00. The highest BCUT2D eigenvalue weighted by Crippen LogP contribution is 2.32. The van der Waals surface area contributed by atoms with Crippen molar-refractivity contribution < 1.29 is 0 Å². The molecule has 166 valence electrons. The molecular weight excluding hydrogens is 410 g/mol. The molecule has 1 atom stereocenters. The summed E-state index contributed by atoms with van der Waals surface area (Å²) in [7, 11) is 2.09. The van der Waals surface area contributed by atoms with Gasteiger partial charge < -0.3 is 0 Å². The average Bonchev–Trinajstić information content (AvgIpc) is 3.47. The largest absolute Gasteiger partial charge is 0.293 e. The molecule has 1 unspecified atom stereocenters. The zero-order valence-corrected chi connectivity index (χ0v) is 19.1. The van der Waals surface area contributed by atoms with Gasteiger partial charge in [-0.2, -0.15) is 5.21 Å². The summed E-state index contributed by atoms with van der Waals surface area (Å²) in [5.41, 5.74) is 6.74. The van der Waals surface area contributed by atoms with Gasteiger partial charge in [-0.3, -0.25) is 10.0 Å². The van der Waals surface area contributed by atoms with Gasteiger partial charge in [0.15, 0.2) is 0 Å². The molecule has 0 saturated carbocycles. The molecular formula is C26H27N7. The first kappa shape index (κ1) is 20.9. The normalized spacial score (nSPS) is 17.8. The fourth-order valence-electron chi connectivity index (χ4n) is 4.45. The van der Waals surface area contributed by atoms with Gasteiger partial charge in [0.25, 0.3) is 0 Å². The first-order valence-corrected chi connectivity index (χ1v) is 11.2. The van der Waals surface area contributed by atoms with Gasteiger partial charge in [0.2, 0.25) is 5.82 Å². The van der Waals surface area contributed by atoms with E-state index in [1.165, 1.54) is 11.1 Å². The first-order valence-electron chi connectivity index (χ1n) is 11.2. The van der Waals surface area contributed by atoms with Crippen LogP contribution in [0.5, 0.6) is 0 Å². The Morgan fingerprint density at radius 2 is 1.85 bits per heavy atom. The van der Waals surface area contributed by atoms with E-state index in [1.807, 2.05) is 18.2 Å². The summed E-state index contributed by atoms with van der Waals surface area (Å²) >= 11 is 0. The van der Waals surface area contributed by atoms with Crippen LogP contribution in [-0.2, 0) is 6.42 Å². The molecule has 3 aromatic rings. The molecule has 0 saturated heterocycles. The van der Waals surface area contributed by atoms with Gasteiger partial charge in [-0.05, 0) is 53.0 Å². The third-order valence-electron chi connectivity index (χ3n) is 5.93. The predicted molar refractivity (Wildman–Crippen MR) is 131 cm³/mol. The van der Waals surface area contributed by atoms with Crippen molar-refractivity contribution in [2.24, 2.45) is 4.99 Å². The SMILES string of the molecule is CC/C=C/C1=NC2=CC(C)=CN(C)N2C1Cc1ccc(-c2ccccc2-c2nn[nH]n2)cc1. The van der Waals surface area contributed by atoms with E-state index in [0.717, 1.165) is 41.1 Å². The molecule has 2 aliphatic rings. The minimum Gasteiger partial charge on any atom is -0.293 e. The number of tetrazole rings is 1. The van der Waals surface area contributed by atoms with E-state index in [0.29, 0.717) is 5.82 Å². The number of aliphatic imine (C=N–C) groups is 1. The lowest BCUT2D eigenvalue weighted by Gasteiger charge is -2.37. The van der Waals surface area contributed by atoms with Crippen LogP contribution in [0.4, 0.5) is 0 Å². The maximum Gasteiger partial charge on any atom is 0.205 e. The molecule has 0 aliphatic carbocycles. The molecule has 0 bridgehead atoms. The van der Waals surface area contributed by atoms with Gasteiger partial charge in [0.05, 0.1) is 11.8 Å². The second kappa shape index (κ2) is 8.86. The van der Waals surface area contributed by atoms with E-state index in [4.69, 9.17) is 4.99 Å². The number of aromatic amines is 1. The Morgan fingerprint density at radius 1 is 1.06 bits per heavy atom. The second-order valence-corrected chi connectivity index (χ2v) is 8.34. The second-order valence-electron chi connectivity index (χ2n) is 8.34. The molecule has 7 nitrogen and oxygen atoms in total. The number of nitrogens with zero attached hydrogens (tertiary/aromatic N) is 6. The monoisotopic (exact) mass is 437 g/mol. The number of nitrogens with one attached hydrogen (secondary N) is 1. The lowest BCUT2D eigenvalue weighted by atomic mass is 9.96. The summed E-state index contributed by atoms with van der Waals surface area (Å²) in [5.74, 6) is 1.60.